The molecule has 0 aliphatic carbocycles. The number of pyridine rings is 2. The highest BCUT2D eigenvalue weighted by Crippen LogP contribution is 2.25. The van der Waals surface area contributed by atoms with Gasteiger partial charge in [-0.25, -0.2) is 0 Å². The maximum Gasteiger partial charge on any atom is 0.303 e. The molecule has 1 aliphatic rings. The highest BCUT2D eigenvalue weighted by Gasteiger charge is 2.34. The maximum atomic E-state index is 12.0. The van der Waals surface area contributed by atoms with Crippen molar-refractivity contribution in [2.75, 3.05) is 13.1 Å². The van der Waals surface area contributed by atoms with Crippen molar-refractivity contribution in [1.29, 1.82) is 0 Å². The number of aliphatic carboxylic acids is 1. The molecule has 3 rings (SSSR count). The van der Waals surface area contributed by atoms with E-state index in [1.54, 1.807) is 23.5 Å². The third kappa shape index (κ3) is 3.51. The summed E-state index contributed by atoms with van der Waals surface area (Å²) in [5, 5.41) is 19.9. The van der Waals surface area contributed by atoms with Crippen molar-refractivity contribution < 1.29 is 19.8 Å². The van der Waals surface area contributed by atoms with Crippen LogP contribution in [0.25, 0.3) is 10.9 Å². The van der Waals surface area contributed by atoms with E-state index in [1.807, 2.05) is 12.1 Å². The van der Waals surface area contributed by atoms with Crippen molar-refractivity contribution in [3.63, 3.8) is 0 Å². The molecule has 0 spiro atoms. The third-order valence-corrected chi connectivity index (χ3v) is 4.43. The number of hydrogen-bond acceptors (Lipinski definition) is 5. The van der Waals surface area contributed by atoms with E-state index in [-0.39, 0.29) is 31.2 Å². The van der Waals surface area contributed by atoms with E-state index in [1.165, 1.54) is 0 Å². The van der Waals surface area contributed by atoms with E-state index in [2.05, 4.69) is 9.97 Å². The van der Waals surface area contributed by atoms with E-state index in [0.717, 1.165) is 16.5 Å². The van der Waals surface area contributed by atoms with E-state index in [9.17, 15) is 14.7 Å². The fourth-order valence-electron chi connectivity index (χ4n) is 3.14. The number of hydrogen-bond donors (Lipinski definition) is 2. The summed E-state index contributed by atoms with van der Waals surface area (Å²) in [5.74, 6) is -1.29. The Labute approximate surface area is 139 Å². The second-order valence-electron chi connectivity index (χ2n) is 6.09. The summed E-state index contributed by atoms with van der Waals surface area (Å²) in [4.78, 5) is 32.6. The summed E-state index contributed by atoms with van der Waals surface area (Å²) in [6.07, 6.45) is 4.97. The zero-order valence-corrected chi connectivity index (χ0v) is 13.1. The summed E-state index contributed by atoms with van der Waals surface area (Å²) in [6.45, 7) is 0.689. The zero-order valence-electron chi connectivity index (χ0n) is 13.1. The van der Waals surface area contributed by atoms with Gasteiger partial charge in [-0.3, -0.25) is 19.6 Å². The van der Waals surface area contributed by atoms with Gasteiger partial charge in [-0.15, -0.1) is 0 Å². The molecule has 0 saturated carbocycles. The molecular weight excluding hydrogens is 310 g/mol. The molecule has 1 fully saturated rings. The number of amides is 1. The predicted octanol–water partition coefficient (Wildman–Crippen LogP) is 0.856. The molecular formula is C17H19N3O4. The van der Waals surface area contributed by atoms with Crippen LogP contribution in [0.15, 0.2) is 30.7 Å². The van der Waals surface area contributed by atoms with Crippen LogP contribution >= 0.6 is 0 Å². The van der Waals surface area contributed by atoms with Crippen molar-refractivity contribution in [3.8, 4) is 0 Å². The molecule has 2 aromatic heterocycles. The second-order valence-corrected chi connectivity index (χ2v) is 6.09. The zero-order chi connectivity index (χ0) is 17.1. The highest BCUT2D eigenvalue weighted by molar-refractivity contribution is 5.82. The van der Waals surface area contributed by atoms with Gasteiger partial charge in [0.2, 0.25) is 5.91 Å². The molecule has 1 saturated heterocycles. The Balaban J connectivity index is 1.69. The fourth-order valence-corrected chi connectivity index (χ4v) is 3.14. The van der Waals surface area contributed by atoms with Gasteiger partial charge in [0.15, 0.2) is 0 Å². The van der Waals surface area contributed by atoms with Crippen LogP contribution in [0.3, 0.4) is 0 Å². The minimum atomic E-state index is -0.990. The van der Waals surface area contributed by atoms with Gasteiger partial charge in [-0.05, 0) is 24.1 Å². The van der Waals surface area contributed by atoms with Crippen LogP contribution in [-0.4, -0.2) is 56.2 Å². The Kier molecular flexibility index (Phi) is 4.71. The normalized spacial score (nSPS) is 20.5. The summed E-state index contributed by atoms with van der Waals surface area (Å²) in [6, 6.07) is 3.75. The Morgan fingerprint density at radius 2 is 2.04 bits per heavy atom. The lowest BCUT2D eigenvalue weighted by Gasteiger charge is -2.16. The third-order valence-electron chi connectivity index (χ3n) is 4.43. The Morgan fingerprint density at radius 3 is 2.83 bits per heavy atom. The first-order valence-corrected chi connectivity index (χ1v) is 7.90. The van der Waals surface area contributed by atoms with Crippen LogP contribution in [0, 0.1) is 5.92 Å². The molecule has 7 heteroatoms. The lowest BCUT2D eigenvalue weighted by molar-refractivity contribution is -0.140. The number of carbonyl (C=O) groups excluding carboxylic acids is 1. The Hall–Kier alpha value is -2.54. The Morgan fingerprint density at radius 1 is 1.21 bits per heavy atom. The number of carboxylic acid groups (broad SMARTS) is 1. The lowest BCUT2D eigenvalue weighted by atomic mass is 9.95. The summed E-state index contributed by atoms with van der Waals surface area (Å²) >= 11 is 0. The number of fused-ring (bicyclic) bond motifs is 1. The molecule has 24 heavy (non-hydrogen) atoms. The van der Waals surface area contributed by atoms with Crippen LogP contribution in [-0.2, 0) is 16.0 Å². The maximum absolute atomic E-state index is 12.0. The number of nitrogens with zero attached hydrogens (tertiary/aromatic N) is 3. The molecule has 3 heterocycles. The second kappa shape index (κ2) is 6.92. The average molecular weight is 329 g/mol. The summed E-state index contributed by atoms with van der Waals surface area (Å²) in [5.41, 5.74) is 1.89. The van der Waals surface area contributed by atoms with Crippen molar-refractivity contribution >= 4 is 22.8 Å². The smallest absolute Gasteiger partial charge is 0.303 e. The van der Waals surface area contributed by atoms with Crippen LogP contribution in [0.5, 0.6) is 0 Å². The van der Waals surface area contributed by atoms with Gasteiger partial charge < -0.3 is 15.1 Å². The molecule has 0 bridgehead atoms. The van der Waals surface area contributed by atoms with E-state index in [4.69, 9.17) is 5.11 Å². The molecule has 2 N–H and O–H groups in total. The van der Waals surface area contributed by atoms with Crippen molar-refractivity contribution in [2.45, 2.75) is 25.4 Å². The van der Waals surface area contributed by atoms with Crippen LogP contribution in [0.2, 0.25) is 0 Å². The summed E-state index contributed by atoms with van der Waals surface area (Å²) < 4.78 is 0. The molecule has 0 radical (unpaired) electrons. The van der Waals surface area contributed by atoms with Crippen molar-refractivity contribution in [2.24, 2.45) is 5.92 Å². The van der Waals surface area contributed by atoms with E-state index >= 15 is 0 Å². The highest BCUT2D eigenvalue weighted by atomic mass is 16.4. The molecule has 7 nitrogen and oxygen atoms in total. The van der Waals surface area contributed by atoms with Gasteiger partial charge in [-0.2, -0.15) is 0 Å². The number of β-amino-alcohol motifs (C(OH)–C–C–N with tert-alkyl or cyclic N) is 1. The van der Waals surface area contributed by atoms with Crippen LogP contribution in [0.4, 0.5) is 0 Å². The molecule has 2 aromatic rings. The number of rotatable bonds is 5. The topological polar surface area (TPSA) is 104 Å². The van der Waals surface area contributed by atoms with E-state index in [0.29, 0.717) is 13.0 Å². The van der Waals surface area contributed by atoms with Gasteiger partial charge >= 0.3 is 5.97 Å². The van der Waals surface area contributed by atoms with Crippen LogP contribution in [0.1, 0.15) is 18.4 Å². The molecule has 126 valence electrons. The first kappa shape index (κ1) is 16.3. The molecule has 2 atom stereocenters. The van der Waals surface area contributed by atoms with Gasteiger partial charge in [0.05, 0.1) is 18.0 Å². The standard InChI is InChI=1S/C17H19N3O4/c21-15-10-20(16(22)1-2-17(23)24)9-12(15)7-11-3-6-19-14-4-5-18-8-13(11)14/h3-6,8,12,15,21H,1-2,7,9-10H2,(H,23,24)/t12-,15+/m0/s1. The van der Waals surface area contributed by atoms with E-state index < -0.39 is 12.1 Å². The van der Waals surface area contributed by atoms with Gasteiger partial charge in [0.1, 0.15) is 0 Å². The van der Waals surface area contributed by atoms with Gasteiger partial charge in [-0.1, -0.05) is 0 Å². The molecule has 1 aliphatic heterocycles. The first-order valence-electron chi connectivity index (χ1n) is 7.90. The minimum Gasteiger partial charge on any atom is -0.481 e. The predicted molar refractivity (Wildman–Crippen MR) is 86.2 cm³/mol. The SMILES string of the molecule is O=C(O)CCC(=O)N1C[C@H](Cc2ccnc3ccncc23)[C@H](O)C1. The molecule has 1 amide bonds. The number of aliphatic hydroxyl groups is 1. The monoisotopic (exact) mass is 329 g/mol. The lowest BCUT2D eigenvalue weighted by Crippen LogP contribution is -2.29. The van der Waals surface area contributed by atoms with Crippen molar-refractivity contribution in [1.82, 2.24) is 14.9 Å². The largest absolute Gasteiger partial charge is 0.481 e. The number of carbonyl (C=O) groups is 2. The quantitative estimate of drug-likeness (QED) is 0.843. The number of aromatic nitrogens is 2. The average Bonchev–Trinajstić information content (AvgIpc) is 2.94. The van der Waals surface area contributed by atoms with Crippen LogP contribution < -0.4 is 0 Å². The summed E-state index contributed by atoms with van der Waals surface area (Å²) in [7, 11) is 0. The number of carboxylic acids is 1. The molecule has 0 unspecified atom stereocenters. The Bertz CT molecular complexity index is 759. The fraction of sp³-hybridized carbons (Fsp3) is 0.412. The minimum absolute atomic E-state index is 0.0309. The first-order chi connectivity index (χ1) is 11.5. The van der Waals surface area contributed by atoms with Crippen molar-refractivity contribution in [3.05, 3.63) is 36.3 Å². The van der Waals surface area contributed by atoms with Gasteiger partial charge in [0, 0.05) is 49.4 Å². The molecule has 0 aromatic carbocycles. The number of aliphatic hydroxyl groups excluding tert-OH is 1. The number of likely N-dealkylation sites (tertiary alicyclic amines) is 1. The van der Waals surface area contributed by atoms with Gasteiger partial charge in [0.25, 0.3) is 0 Å².